The van der Waals surface area contributed by atoms with Crippen LogP contribution in [0.1, 0.15) is 46.2 Å². The van der Waals surface area contributed by atoms with E-state index in [1.54, 1.807) is 6.20 Å². The Hall–Kier alpha value is -1.98. The predicted molar refractivity (Wildman–Crippen MR) is 101 cm³/mol. The quantitative estimate of drug-likeness (QED) is 0.860. The number of nitrogens with one attached hydrogen (secondary N) is 2. The van der Waals surface area contributed by atoms with E-state index in [2.05, 4.69) is 32.7 Å². The van der Waals surface area contributed by atoms with Gasteiger partial charge in [0.1, 0.15) is 5.82 Å². The Bertz CT molecular complexity index is 687. The molecule has 1 aromatic carbocycles. The van der Waals surface area contributed by atoms with Crippen LogP contribution in [0.4, 0.5) is 0 Å². The van der Waals surface area contributed by atoms with Gasteiger partial charge in [-0.1, -0.05) is 30.3 Å². The summed E-state index contributed by atoms with van der Waals surface area (Å²) in [5, 5.41) is 6.37. The summed E-state index contributed by atoms with van der Waals surface area (Å²) in [4.78, 5) is 21.4. The van der Waals surface area contributed by atoms with Crippen molar-refractivity contribution < 1.29 is 4.79 Å². The highest BCUT2D eigenvalue weighted by Gasteiger charge is 2.23. The lowest BCUT2D eigenvalue weighted by atomic mass is 9.91. The molecule has 2 aromatic rings. The summed E-state index contributed by atoms with van der Waals surface area (Å²) in [5.41, 5.74) is 2.75. The molecule has 1 saturated heterocycles. The van der Waals surface area contributed by atoms with Gasteiger partial charge >= 0.3 is 0 Å². The fraction of sp³-hybridized carbons (Fsp3) is 0.421. The first kappa shape index (κ1) is 19.3. The third kappa shape index (κ3) is 5.25. The Balaban J connectivity index is 0.00000225. The molecular weight excluding hydrogens is 336 g/mol. The summed E-state index contributed by atoms with van der Waals surface area (Å²) in [7, 11) is 0. The number of hydrogen-bond acceptors (Lipinski definition) is 4. The number of carbonyl (C=O) groups excluding carboxylic acids is 1. The molecule has 1 amide bonds. The standard InChI is InChI=1S/C19H24N4O.ClH/c1-14-22-13-17(18(23-14)16-8-10-20-11-9-16)19(24)21-12-7-15-5-3-2-4-6-15;/h2-6,13,16,20H,7-12H2,1H3,(H,21,24);1H. The molecule has 0 bridgehead atoms. The maximum Gasteiger partial charge on any atom is 0.254 e. The molecule has 3 rings (SSSR count). The van der Waals surface area contributed by atoms with Gasteiger partial charge < -0.3 is 10.6 Å². The first-order chi connectivity index (χ1) is 11.7. The Labute approximate surface area is 155 Å². The molecule has 1 aromatic heterocycles. The van der Waals surface area contributed by atoms with Crippen LogP contribution in [0, 0.1) is 6.92 Å². The van der Waals surface area contributed by atoms with Gasteiger partial charge in [-0.05, 0) is 44.8 Å². The van der Waals surface area contributed by atoms with E-state index in [0.717, 1.165) is 43.9 Å². The average Bonchev–Trinajstić information content (AvgIpc) is 2.63. The van der Waals surface area contributed by atoms with Gasteiger partial charge in [0.15, 0.2) is 0 Å². The third-order valence-electron chi connectivity index (χ3n) is 4.45. The van der Waals surface area contributed by atoms with Crippen LogP contribution in [0.15, 0.2) is 36.5 Å². The van der Waals surface area contributed by atoms with E-state index in [0.29, 0.717) is 18.0 Å². The van der Waals surface area contributed by atoms with E-state index in [4.69, 9.17) is 0 Å². The van der Waals surface area contributed by atoms with Gasteiger partial charge in [0.25, 0.3) is 5.91 Å². The van der Waals surface area contributed by atoms with Crippen LogP contribution in [-0.4, -0.2) is 35.5 Å². The minimum Gasteiger partial charge on any atom is -0.352 e. The van der Waals surface area contributed by atoms with Crippen LogP contribution < -0.4 is 10.6 Å². The van der Waals surface area contributed by atoms with Crippen molar-refractivity contribution in [2.24, 2.45) is 0 Å². The molecule has 2 N–H and O–H groups in total. The molecule has 0 saturated carbocycles. The summed E-state index contributed by atoms with van der Waals surface area (Å²) in [5.74, 6) is 0.992. The van der Waals surface area contributed by atoms with Gasteiger partial charge in [-0.2, -0.15) is 0 Å². The van der Waals surface area contributed by atoms with Crippen LogP contribution in [0.2, 0.25) is 0 Å². The Kier molecular flexibility index (Phi) is 7.34. The summed E-state index contributed by atoms with van der Waals surface area (Å²) in [6.07, 6.45) is 4.53. The van der Waals surface area contributed by atoms with Crippen LogP contribution in [0.25, 0.3) is 0 Å². The van der Waals surface area contributed by atoms with Crippen molar-refractivity contribution in [3.8, 4) is 0 Å². The van der Waals surface area contributed by atoms with Crippen molar-refractivity contribution in [3.63, 3.8) is 0 Å². The maximum absolute atomic E-state index is 12.6. The lowest BCUT2D eigenvalue weighted by molar-refractivity contribution is 0.0951. The highest BCUT2D eigenvalue weighted by atomic mass is 35.5. The zero-order valence-corrected chi connectivity index (χ0v) is 15.3. The SMILES string of the molecule is Cc1ncc(C(=O)NCCc2ccccc2)c(C2CCNCC2)n1.Cl. The van der Waals surface area contributed by atoms with Crippen molar-refractivity contribution in [2.75, 3.05) is 19.6 Å². The first-order valence-corrected chi connectivity index (χ1v) is 8.60. The minimum atomic E-state index is -0.0699. The molecule has 0 spiro atoms. The van der Waals surface area contributed by atoms with Crippen LogP contribution in [0.5, 0.6) is 0 Å². The molecule has 0 unspecified atom stereocenters. The van der Waals surface area contributed by atoms with Crippen LogP contribution in [-0.2, 0) is 6.42 Å². The second-order valence-electron chi connectivity index (χ2n) is 6.23. The van der Waals surface area contributed by atoms with Gasteiger partial charge in [0, 0.05) is 18.7 Å². The number of amides is 1. The van der Waals surface area contributed by atoms with E-state index in [1.165, 1.54) is 5.56 Å². The van der Waals surface area contributed by atoms with Crippen molar-refractivity contribution >= 4 is 18.3 Å². The molecule has 2 heterocycles. The van der Waals surface area contributed by atoms with Crippen molar-refractivity contribution in [3.05, 3.63) is 59.2 Å². The number of nitrogens with zero attached hydrogens (tertiary/aromatic N) is 2. The number of hydrogen-bond donors (Lipinski definition) is 2. The predicted octanol–water partition coefficient (Wildman–Crippen LogP) is 2.65. The van der Waals surface area contributed by atoms with E-state index in [-0.39, 0.29) is 18.3 Å². The normalized spacial score (nSPS) is 14.6. The van der Waals surface area contributed by atoms with Crippen LogP contribution in [0.3, 0.4) is 0 Å². The molecule has 1 aliphatic rings. The molecule has 0 atom stereocenters. The lowest BCUT2D eigenvalue weighted by Gasteiger charge is -2.24. The molecule has 0 radical (unpaired) electrons. The number of piperidine rings is 1. The Morgan fingerprint density at radius 2 is 1.96 bits per heavy atom. The Morgan fingerprint density at radius 1 is 1.24 bits per heavy atom. The lowest BCUT2D eigenvalue weighted by Crippen LogP contribution is -2.31. The fourth-order valence-electron chi connectivity index (χ4n) is 3.13. The number of halogens is 1. The van der Waals surface area contributed by atoms with Gasteiger partial charge in [0.2, 0.25) is 0 Å². The van der Waals surface area contributed by atoms with E-state index in [9.17, 15) is 4.79 Å². The molecule has 6 heteroatoms. The molecule has 5 nitrogen and oxygen atoms in total. The number of aryl methyl sites for hydroxylation is 1. The smallest absolute Gasteiger partial charge is 0.254 e. The molecule has 0 aliphatic carbocycles. The molecule has 1 fully saturated rings. The van der Waals surface area contributed by atoms with Gasteiger partial charge in [-0.25, -0.2) is 9.97 Å². The first-order valence-electron chi connectivity index (χ1n) is 8.60. The fourth-order valence-corrected chi connectivity index (χ4v) is 3.13. The second kappa shape index (κ2) is 9.49. The molecule has 1 aliphatic heterocycles. The topological polar surface area (TPSA) is 66.9 Å². The summed E-state index contributed by atoms with van der Waals surface area (Å²) >= 11 is 0. The van der Waals surface area contributed by atoms with E-state index < -0.39 is 0 Å². The minimum absolute atomic E-state index is 0. The zero-order valence-electron chi connectivity index (χ0n) is 14.5. The van der Waals surface area contributed by atoms with Gasteiger partial charge in [0.05, 0.1) is 11.3 Å². The average molecular weight is 361 g/mol. The highest BCUT2D eigenvalue weighted by molar-refractivity contribution is 5.95. The Morgan fingerprint density at radius 3 is 2.68 bits per heavy atom. The van der Waals surface area contributed by atoms with E-state index in [1.807, 2.05) is 25.1 Å². The number of aromatic nitrogens is 2. The van der Waals surface area contributed by atoms with Gasteiger partial charge in [-0.15, -0.1) is 12.4 Å². The maximum atomic E-state index is 12.6. The second-order valence-corrected chi connectivity index (χ2v) is 6.23. The number of benzene rings is 1. The van der Waals surface area contributed by atoms with Crippen molar-refractivity contribution in [1.29, 1.82) is 0 Å². The molecular formula is C19H25ClN4O. The summed E-state index contributed by atoms with van der Waals surface area (Å²) < 4.78 is 0. The van der Waals surface area contributed by atoms with Gasteiger partial charge in [-0.3, -0.25) is 4.79 Å². The highest BCUT2D eigenvalue weighted by Crippen LogP contribution is 2.26. The summed E-state index contributed by atoms with van der Waals surface area (Å²) in [6, 6.07) is 10.2. The van der Waals surface area contributed by atoms with Crippen LogP contribution >= 0.6 is 12.4 Å². The number of carbonyl (C=O) groups is 1. The number of rotatable bonds is 5. The third-order valence-corrected chi connectivity index (χ3v) is 4.45. The van der Waals surface area contributed by atoms with Crippen molar-refractivity contribution in [2.45, 2.75) is 32.1 Å². The summed E-state index contributed by atoms with van der Waals surface area (Å²) in [6.45, 7) is 4.44. The van der Waals surface area contributed by atoms with Crippen molar-refractivity contribution in [1.82, 2.24) is 20.6 Å². The zero-order chi connectivity index (χ0) is 16.8. The monoisotopic (exact) mass is 360 g/mol. The largest absolute Gasteiger partial charge is 0.352 e. The molecule has 134 valence electrons. The van der Waals surface area contributed by atoms with E-state index >= 15 is 0 Å². The molecule has 25 heavy (non-hydrogen) atoms.